The maximum Gasteiger partial charge on any atom is 0.410 e. The number of unbranched alkanes of at least 4 members (excludes halogenated alkanes) is 2. The van der Waals surface area contributed by atoms with Gasteiger partial charge in [-0.2, -0.15) is 0 Å². The molecule has 15 nitrogen and oxygen atoms in total. The van der Waals surface area contributed by atoms with Crippen LogP contribution in [0.25, 0.3) is 0 Å². The molecule has 58 heavy (non-hydrogen) atoms. The Kier molecular flexibility index (Phi) is 15.7. The second-order valence-electron chi connectivity index (χ2n) is 15.8. The number of ether oxygens (including phenoxy) is 5. The Morgan fingerprint density at radius 3 is 2.47 bits per heavy atom. The van der Waals surface area contributed by atoms with Gasteiger partial charge in [-0.1, -0.05) is 36.2 Å². The van der Waals surface area contributed by atoms with Gasteiger partial charge in [0.1, 0.15) is 28.9 Å². The van der Waals surface area contributed by atoms with Crippen molar-refractivity contribution in [2.45, 2.75) is 89.1 Å². The summed E-state index contributed by atoms with van der Waals surface area (Å²) in [6.45, 7) is 9.93. The molecule has 0 aromatic heterocycles. The Morgan fingerprint density at radius 1 is 1.05 bits per heavy atom. The van der Waals surface area contributed by atoms with Crippen molar-refractivity contribution in [3.63, 3.8) is 0 Å². The van der Waals surface area contributed by atoms with Crippen LogP contribution < -0.4 is 9.47 Å². The summed E-state index contributed by atoms with van der Waals surface area (Å²) >= 11 is 0. The molecule has 1 saturated carbocycles. The van der Waals surface area contributed by atoms with Crippen molar-refractivity contribution in [3.05, 3.63) is 82.4 Å². The average Bonchev–Trinajstić information content (AvgIpc) is 3.20. The van der Waals surface area contributed by atoms with Gasteiger partial charge >= 0.3 is 6.09 Å². The first kappa shape index (κ1) is 44.6. The molecule has 0 radical (unpaired) electrons. The Labute approximate surface area is 340 Å². The van der Waals surface area contributed by atoms with E-state index in [9.17, 15) is 30.2 Å². The number of nitro groups is 1. The van der Waals surface area contributed by atoms with E-state index in [1.807, 2.05) is 26.8 Å². The number of aliphatic hydroxyl groups excluding tert-OH is 3. The third kappa shape index (κ3) is 10.4. The molecule has 3 aliphatic rings. The molecule has 1 fully saturated rings. The van der Waals surface area contributed by atoms with Crippen LogP contribution in [0.5, 0.6) is 17.2 Å². The van der Waals surface area contributed by atoms with Crippen molar-refractivity contribution in [3.8, 4) is 17.2 Å². The third-order valence-corrected chi connectivity index (χ3v) is 10.8. The van der Waals surface area contributed by atoms with Crippen molar-refractivity contribution >= 4 is 17.5 Å². The lowest BCUT2D eigenvalue weighted by Gasteiger charge is -2.59. The summed E-state index contributed by atoms with van der Waals surface area (Å²) in [7, 11) is 1.31. The summed E-state index contributed by atoms with van der Waals surface area (Å²) in [5.74, 6) is -1.20. The number of methoxy groups -OCH3 is 1. The largest absolute Gasteiger partial charge is 0.459 e. The number of carbonyl (C=O) groups excluding carboxylic acids is 1. The smallest absolute Gasteiger partial charge is 0.410 e. The molecule has 1 amide bonds. The second-order valence-corrected chi connectivity index (χ2v) is 15.8. The van der Waals surface area contributed by atoms with Crippen LogP contribution in [0.15, 0.2) is 71.9 Å². The normalized spacial score (nSPS) is 24.2. The Bertz CT molecular complexity index is 1780. The maximum absolute atomic E-state index is 13.9. The number of oxime groups is 1. The zero-order valence-electron chi connectivity index (χ0n) is 34.0. The Hall–Kier alpha value is -4.54. The zero-order valence-corrected chi connectivity index (χ0v) is 34.0. The van der Waals surface area contributed by atoms with E-state index >= 15 is 0 Å². The molecule has 1 heterocycles. The van der Waals surface area contributed by atoms with Gasteiger partial charge in [0.25, 0.3) is 5.69 Å². The monoisotopic (exact) mass is 809 g/mol. The van der Waals surface area contributed by atoms with E-state index in [4.69, 9.17) is 33.7 Å². The number of carbonyl (C=O) groups is 1. The van der Waals surface area contributed by atoms with Gasteiger partial charge in [-0.05, 0) is 88.1 Å². The fourth-order valence-electron chi connectivity index (χ4n) is 8.52. The van der Waals surface area contributed by atoms with Gasteiger partial charge in [-0.25, -0.2) is 4.79 Å². The molecule has 0 unspecified atom stereocenters. The number of non-ortho nitro benzene ring substituents is 1. The molecule has 0 bridgehead atoms. The first-order chi connectivity index (χ1) is 27.9. The summed E-state index contributed by atoms with van der Waals surface area (Å²) in [4.78, 5) is 32.7. The highest BCUT2D eigenvalue weighted by molar-refractivity contribution is 6.03. The summed E-state index contributed by atoms with van der Waals surface area (Å²) in [5.41, 5.74) is 1.56. The average molecular weight is 810 g/mol. The predicted octanol–water partition coefficient (Wildman–Crippen LogP) is 6.90. The Balaban J connectivity index is 1.78. The third-order valence-electron chi connectivity index (χ3n) is 10.8. The summed E-state index contributed by atoms with van der Waals surface area (Å²) in [5, 5.41) is 45.5. The SMILES string of the molecule is C=CCO[C@@]12Oc3ccc(Oc4cccc([N+](=O)[O-])c4)cc3[C@H]3[C@H](CCCCO)[C@@H](CCCCO)C=C(C(=NOC(C)(C)C)C[C@@H]1N(CCOCCO)C(=O)OC)[C@H]32. The van der Waals surface area contributed by atoms with Crippen LogP contribution in [0.3, 0.4) is 0 Å². The first-order valence-electron chi connectivity index (χ1n) is 20.1. The molecule has 3 N–H and O–H groups in total. The molecule has 15 heteroatoms. The van der Waals surface area contributed by atoms with Crippen LogP contribution in [0, 0.1) is 27.9 Å². The van der Waals surface area contributed by atoms with E-state index in [1.165, 1.54) is 19.2 Å². The van der Waals surface area contributed by atoms with Crippen LogP contribution in [0.2, 0.25) is 0 Å². The molecule has 2 aliphatic carbocycles. The summed E-state index contributed by atoms with van der Waals surface area (Å²) in [6.07, 6.45) is 7.66. The number of nitro benzene ring substituents is 1. The molecule has 5 rings (SSSR count). The van der Waals surface area contributed by atoms with E-state index in [1.54, 1.807) is 35.2 Å². The van der Waals surface area contributed by atoms with Crippen molar-refractivity contribution in [1.29, 1.82) is 0 Å². The fourth-order valence-corrected chi connectivity index (χ4v) is 8.52. The van der Waals surface area contributed by atoms with Gasteiger partial charge in [-0.15, -0.1) is 6.58 Å². The molecule has 2 aromatic carbocycles. The number of hydrogen-bond donors (Lipinski definition) is 3. The van der Waals surface area contributed by atoms with Gasteiger partial charge in [0.2, 0.25) is 5.79 Å². The van der Waals surface area contributed by atoms with Crippen LogP contribution in [0.4, 0.5) is 10.5 Å². The number of hydrogen-bond acceptors (Lipinski definition) is 13. The highest BCUT2D eigenvalue weighted by atomic mass is 16.7. The number of fused-ring (bicyclic) bond motifs is 2. The summed E-state index contributed by atoms with van der Waals surface area (Å²) < 4.78 is 31.4. The molecular formula is C43H59N3O12. The van der Waals surface area contributed by atoms with E-state index in [-0.39, 0.29) is 76.0 Å². The van der Waals surface area contributed by atoms with Crippen LogP contribution in [-0.4, -0.2) is 108 Å². The number of nitrogens with zero attached hydrogens (tertiary/aromatic N) is 3. The lowest BCUT2D eigenvalue weighted by Crippen LogP contribution is -2.70. The standard InChI is InChI=1S/C43H59N3O12/c1-6-22-55-43-38(45(41(50)53-5)18-23-54-24-21-49)28-36(44-58-42(2,3)4)34-25-29(12-7-9-19-47)33(15-8-10-20-48)39(40(34)43)35-27-32(16-17-37(35)57-43)56-31-14-11-13-30(26-31)46(51)52/h6,11,13-14,16-17,25-27,29,33,38-40,47-49H,1,7-10,12,15,18-24,28H2,2-5H3/t29-,33+,38-,39+,40+,43+/m0/s1. The van der Waals surface area contributed by atoms with Crippen molar-refractivity contribution in [1.82, 2.24) is 4.90 Å². The Morgan fingerprint density at radius 2 is 1.79 bits per heavy atom. The van der Waals surface area contributed by atoms with Crippen molar-refractivity contribution in [2.24, 2.45) is 22.9 Å². The molecular weight excluding hydrogens is 750 g/mol. The lowest BCUT2D eigenvalue weighted by molar-refractivity contribution is -0.384. The molecule has 318 valence electrons. The minimum atomic E-state index is -1.52. The highest BCUT2D eigenvalue weighted by Crippen LogP contribution is 2.62. The van der Waals surface area contributed by atoms with Crippen LogP contribution >= 0.6 is 0 Å². The molecule has 6 atom stereocenters. The molecule has 0 spiro atoms. The van der Waals surface area contributed by atoms with E-state index in [0.29, 0.717) is 35.8 Å². The topological polar surface area (TPSA) is 192 Å². The van der Waals surface area contributed by atoms with Gasteiger partial charge in [0.05, 0.1) is 56.2 Å². The minimum Gasteiger partial charge on any atom is -0.459 e. The molecule has 0 saturated heterocycles. The van der Waals surface area contributed by atoms with Crippen molar-refractivity contribution < 1.29 is 53.6 Å². The quantitative estimate of drug-likeness (QED) is 0.0513. The van der Waals surface area contributed by atoms with E-state index < -0.39 is 34.4 Å². The van der Waals surface area contributed by atoms with Gasteiger partial charge in [0.15, 0.2) is 0 Å². The summed E-state index contributed by atoms with van der Waals surface area (Å²) in [6, 6.07) is 10.6. The van der Waals surface area contributed by atoms with Crippen molar-refractivity contribution in [2.75, 3.05) is 53.3 Å². The number of aliphatic hydroxyl groups is 3. The fraction of sp³-hybridized carbons (Fsp3) is 0.581. The highest BCUT2D eigenvalue weighted by Gasteiger charge is 2.65. The van der Waals surface area contributed by atoms with E-state index in [2.05, 4.69) is 12.7 Å². The number of benzene rings is 2. The molecule has 2 aromatic rings. The molecule has 1 aliphatic heterocycles. The number of amides is 1. The lowest BCUT2D eigenvalue weighted by atomic mass is 9.55. The number of allylic oxidation sites excluding steroid dienone is 1. The first-order valence-corrected chi connectivity index (χ1v) is 20.1. The zero-order chi connectivity index (χ0) is 41.9. The minimum absolute atomic E-state index is 0.00544. The van der Waals surface area contributed by atoms with E-state index in [0.717, 1.165) is 36.8 Å². The van der Waals surface area contributed by atoms with Gasteiger partial charge < -0.3 is 43.8 Å². The predicted molar refractivity (Wildman–Crippen MR) is 216 cm³/mol. The van der Waals surface area contributed by atoms with Gasteiger partial charge in [0, 0.05) is 43.7 Å². The van der Waals surface area contributed by atoms with Gasteiger partial charge in [-0.3, -0.25) is 15.0 Å². The van der Waals surface area contributed by atoms with Crippen LogP contribution in [0.1, 0.15) is 77.2 Å². The second kappa shape index (κ2) is 20.4. The van der Waals surface area contributed by atoms with Crippen LogP contribution in [-0.2, 0) is 19.0 Å². The number of rotatable bonds is 21. The maximum atomic E-state index is 13.9.